The van der Waals surface area contributed by atoms with E-state index in [2.05, 4.69) is 22.1 Å². The van der Waals surface area contributed by atoms with Gasteiger partial charge in [-0.1, -0.05) is 19.8 Å². The summed E-state index contributed by atoms with van der Waals surface area (Å²) in [5, 5.41) is 3.36. The molecule has 2 saturated heterocycles. The van der Waals surface area contributed by atoms with Gasteiger partial charge in [0.05, 0.1) is 10.5 Å². The molecule has 1 amide bonds. The summed E-state index contributed by atoms with van der Waals surface area (Å²) >= 11 is 0. The van der Waals surface area contributed by atoms with Crippen LogP contribution in [0.5, 0.6) is 0 Å². The normalized spacial score (nSPS) is 19.2. The monoisotopic (exact) mass is 488 g/mol. The molecule has 0 bridgehead atoms. The van der Waals surface area contributed by atoms with Crippen LogP contribution in [0.25, 0.3) is 10.9 Å². The summed E-state index contributed by atoms with van der Waals surface area (Å²) in [7, 11) is -3.66. The maximum absolute atomic E-state index is 13.2. The molecule has 4 rings (SSSR count). The third kappa shape index (κ3) is 5.87. The van der Waals surface area contributed by atoms with Crippen LogP contribution in [0.4, 0.5) is 0 Å². The van der Waals surface area contributed by atoms with E-state index in [0.717, 1.165) is 38.9 Å². The van der Waals surface area contributed by atoms with Crippen molar-refractivity contribution in [2.45, 2.75) is 56.8 Å². The Hall–Kier alpha value is -2.23. The predicted octanol–water partition coefficient (Wildman–Crippen LogP) is 2.94. The Kier molecular flexibility index (Phi) is 8.06. The largest absolute Gasteiger partial charge is 0.352 e. The van der Waals surface area contributed by atoms with Gasteiger partial charge >= 0.3 is 0 Å². The Morgan fingerprint density at radius 1 is 1.06 bits per heavy atom. The number of nitrogens with one attached hydrogen (secondary N) is 2. The van der Waals surface area contributed by atoms with Gasteiger partial charge in [-0.15, -0.1) is 0 Å². The van der Waals surface area contributed by atoms with Crippen LogP contribution in [-0.2, 0) is 10.0 Å². The first-order valence-corrected chi connectivity index (χ1v) is 14.0. The molecule has 1 aromatic heterocycles. The average molecular weight is 489 g/mol. The Labute approximate surface area is 201 Å². The summed E-state index contributed by atoms with van der Waals surface area (Å²) in [6.45, 7) is 6.80. The molecule has 0 spiro atoms. The number of carbonyl (C=O) groups is 1. The van der Waals surface area contributed by atoms with E-state index in [1.807, 2.05) is 0 Å². The quantitative estimate of drug-likeness (QED) is 0.584. The minimum Gasteiger partial charge on any atom is -0.352 e. The summed E-state index contributed by atoms with van der Waals surface area (Å²) in [5.41, 5.74) is 0.272. The maximum Gasteiger partial charge on any atom is 0.252 e. The van der Waals surface area contributed by atoms with Crippen LogP contribution < -0.4 is 10.9 Å². The Morgan fingerprint density at radius 2 is 1.76 bits per heavy atom. The summed E-state index contributed by atoms with van der Waals surface area (Å²) in [6.07, 6.45) is 7.55. The maximum atomic E-state index is 13.2. The fourth-order valence-electron chi connectivity index (χ4n) is 4.92. The van der Waals surface area contributed by atoms with E-state index in [1.165, 1.54) is 48.2 Å². The van der Waals surface area contributed by atoms with Gasteiger partial charge < -0.3 is 15.2 Å². The molecular formula is C25H36N4O4S. The number of hydrogen-bond acceptors (Lipinski definition) is 5. The van der Waals surface area contributed by atoms with E-state index in [0.29, 0.717) is 36.5 Å². The van der Waals surface area contributed by atoms with Gasteiger partial charge in [0, 0.05) is 36.6 Å². The molecule has 2 aromatic rings. The molecule has 2 fully saturated rings. The van der Waals surface area contributed by atoms with Crippen molar-refractivity contribution in [2.75, 3.05) is 39.3 Å². The van der Waals surface area contributed by atoms with Crippen molar-refractivity contribution in [1.82, 2.24) is 19.5 Å². The van der Waals surface area contributed by atoms with Crippen molar-refractivity contribution in [2.24, 2.45) is 5.92 Å². The fraction of sp³-hybridized carbons (Fsp3) is 0.600. The lowest BCUT2D eigenvalue weighted by Crippen LogP contribution is -2.37. The highest BCUT2D eigenvalue weighted by Gasteiger charge is 2.28. The van der Waals surface area contributed by atoms with Crippen LogP contribution in [0.2, 0.25) is 0 Å². The number of benzene rings is 1. The minimum absolute atomic E-state index is 0.150. The molecule has 0 aliphatic carbocycles. The molecule has 186 valence electrons. The summed E-state index contributed by atoms with van der Waals surface area (Å²) < 4.78 is 28.0. The molecule has 2 N–H and O–H groups in total. The molecule has 34 heavy (non-hydrogen) atoms. The minimum atomic E-state index is -3.66. The number of likely N-dealkylation sites (tertiary alicyclic amines) is 1. The third-order valence-corrected chi connectivity index (χ3v) is 8.97. The van der Waals surface area contributed by atoms with Crippen LogP contribution >= 0.6 is 0 Å². The number of sulfonamides is 1. The number of nitrogens with zero attached hydrogens (tertiary/aromatic N) is 2. The van der Waals surface area contributed by atoms with Crippen molar-refractivity contribution < 1.29 is 13.2 Å². The van der Waals surface area contributed by atoms with Crippen molar-refractivity contribution >= 4 is 26.8 Å². The molecule has 2 aliphatic rings. The number of carbonyl (C=O) groups excluding carboxylic acids is 1. The van der Waals surface area contributed by atoms with Gasteiger partial charge in [0.1, 0.15) is 0 Å². The van der Waals surface area contributed by atoms with Gasteiger partial charge in [-0.05, 0) is 75.9 Å². The van der Waals surface area contributed by atoms with Crippen molar-refractivity contribution in [3.05, 3.63) is 40.2 Å². The average Bonchev–Trinajstić information content (AvgIpc) is 3.10. The number of piperidine rings is 1. The highest BCUT2D eigenvalue weighted by molar-refractivity contribution is 7.89. The molecule has 2 aliphatic heterocycles. The van der Waals surface area contributed by atoms with E-state index < -0.39 is 10.0 Å². The number of aromatic amines is 1. The first-order valence-electron chi connectivity index (χ1n) is 12.5. The molecule has 9 heteroatoms. The van der Waals surface area contributed by atoms with Gasteiger partial charge in [0.2, 0.25) is 15.6 Å². The van der Waals surface area contributed by atoms with Crippen molar-refractivity contribution in [1.29, 1.82) is 0 Å². The lowest BCUT2D eigenvalue weighted by molar-refractivity contribution is 0.0953. The summed E-state index contributed by atoms with van der Waals surface area (Å²) in [4.78, 5) is 30.5. The smallest absolute Gasteiger partial charge is 0.252 e. The number of fused-ring (bicyclic) bond motifs is 1. The highest BCUT2D eigenvalue weighted by Crippen LogP contribution is 2.26. The molecule has 1 aromatic carbocycles. The van der Waals surface area contributed by atoms with Crippen molar-refractivity contribution in [3.8, 4) is 0 Å². The SMILES string of the molecule is CC1CCN(S(=O)(=O)c2ccc3[nH]c(=O)cc(C(=O)NCCCN4CCCCCC4)c3c2)CC1. The molecule has 8 nitrogen and oxygen atoms in total. The first-order chi connectivity index (χ1) is 16.3. The number of rotatable bonds is 7. The van der Waals surface area contributed by atoms with Gasteiger partial charge in [-0.3, -0.25) is 9.59 Å². The highest BCUT2D eigenvalue weighted by atomic mass is 32.2. The second kappa shape index (κ2) is 11.0. The molecule has 3 heterocycles. The molecule has 0 atom stereocenters. The standard InChI is InChI=1S/C25H36N4O4S/c1-19-9-15-29(16-10-19)34(32,33)20-7-8-23-21(17-20)22(18-24(30)27-23)25(31)26-11-6-14-28-12-4-2-3-5-13-28/h7-8,17-19H,2-6,9-16H2,1H3,(H,26,31)(H,27,30). The van der Waals surface area contributed by atoms with Crippen LogP contribution in [0, 0.1) is 5.92 Å². The van der Waals surface area contributed by atoms with E-state index in [1.54, 1.807) is 6.07 Å². The number of amides is 1. The van der Waals surface area contributed by atoms with Crippen LogP contribution in [0.3, 0.4) is 0 Å². The second-order valence-corrected chi connectivity index (χ2v) is 11.6. The fourth-order valence-corrected chi connectivity index (χ4v) is 6.41. The van der Waals surface area contributed by atoms with E-state index in [9.17, 15) is 18.0 Å². The lowest BCUT2D eigenvalue weighted by atomic mass is 10.0. The molecule has 0 saturated carbocycles. The lowest BCUT2D eigenvalue weighted by Gasteiger charge is -2.29. The third-order valence-electron chi connectivity index (χ3n) is 7.07. The molecular weight excluding hydrogens is 452 g/mol. The Balaban J connectivity index is 1.49. The number of pyridine rings is 1. The zero-order chi connectivity index (χ0) is 24.1. The summed E-state index contributed by atoms with van der Waals surface area (Å²) in [5.74, 6) is 0.163. The first kappa shape index (κ1) is 24.9. The van der Waals surface area contributed by atoms with Gasteiger partial charge in [0.25, 0.3) is 5.91 Å². The van der Waals surface area contributed by atoms with Crippen LogP contribution in [0.15, 0.2) is 34.0 Å². The van der Waals surface area contributed by atoms with E-state index in [-0.39, 0.29) is 21.9 Å². The van der Waals surface area contributed by atoms with Gasteiger partial charge in [-0.25, -0.2) is 8.42 Å². The zero-order valence-corrected chi connectivity index (χ0v) is 20.8. The topological polar surface area (TPSA) is 103 Å². The van der Waals surface area contributed by atoms with E-state index >= 15 is 0 Å². The second-order valence-electron chi connectivity index (χ2n) is 9.71. The Bertz CT molecular complexity index is 1160. The zero-order valence-electron chi connectivity index (χ0n) is 20.0. The number of hydrogen-bond donors (Lipinski definition) is 2. The van der Waals surface area contributed by atoms with Gasteiger partial charge in [0.15, 0.2) is 0 Å². The van der Waals surface area contributed by atoms with Gasteiger partial charge in [-0.2, -0.15) is 4.31 Å². The Morgan fingerprint density at radius 3 is 2.47 bits per heavy atom. The van der Waals surface area contributed by atoms with Crippen molar-refractivity contribution in [3.63, 3.8) is 0 Å². The predicted molar refractivity (Wildman–Crippen MR) is 134 cm³/mol. The molecule has 0 unspecified atom stereocenters. The summed E-state index contributed by atoms with van der Waals surface area (Å²) in [6, 6.07) is 5.86. The molecule has 0 radical (unpaired) electrons. The van der Waals surface area contributed by atoms with E-state index in [4.69, 9.17) is 0 Å². The number of aromatic nitrogens is 1. The van der Waals surface area contributed by atoms with Crippen LogP contribution in [0.1, 0.15) is 62.2 Å². The van der Waals surface area contributed by atoms with Crippen LogP contribution in [-0.4, -0.2) is 67.8 Å². The number of H-pyrrole nitrogens is 1.